The van der Waals surface area contributed by atoms with E-state index in [0.717, 1.165) is 19.1 Å². The SMILES string of the molecule is CC(=O)Nc1cc(C(=O)N2CCC(C(=O)O)CC2)cc(C(F)(F)F)c1. The van der Waals surface area contributed by atoms with E-state index in [-0.39, 0.29) is 37.2 Å². The van der Waals surface area contributed by atoms with Gasteiger partial charge < -0.3 is 15.3 Å². The summed E-state index contributed by atoms with van der Waals surface area (Å²) >= 11 is 0. The Kier molecular flexibility index (Phi) is 5.34. The largest absolute Gasteiger partial charge is 0.481 e. The van der Waals surface area contributed by atoms with Gasteiger partial charge in [0.05, 0.1) is 11.5 Å². The lowest BCUT2D eigenvalue weighted by molar-refractivity contribution is -0.143. The average molecular weight is 358 g/mol. The summed E-state index contributed by atoms with van der Waals surface area (Å²) in [4.78, 5) is 35.9. The molecule has 136 valence electrons. The number of carbonyl (C=O) groups excluding carboxylic acids is 2. The second kappa shape index (κ2) is 7.12. The van der Waals surface area contributed by atoms with Crippen molar-refractivity contribution in [3.63, 3.8) is 0 Å². The quantitative estimate of drug-likeness (QED) is 0.870. The Labute approximate surface area is 141 Å². The molecule has 1 saturated heterocycles. The fourth-order valence-corrected chi connectivity index (χ4v) is 2.70. The van der Waals surface area contributed by atoms with Crippen LogP contribution in [0.3, 0.4) is 0 Å². The van der Waals surface area contributed by atoms with Gasteiger partial charge in [0.25, 0.3) is 5.91 Å². The Morgan fingerprint density at radius 3 is 2.24 bits per heavy atom. The Hall–Kier alpha value is -2.58. The van der Waals surface area contributed by atoms with Crippen LogP contribution in [0.4, 0.5) is 18.9 Å². The molecule has 0 spiro atoms. The summed E-state index contributed by atoms with van der Waals surface area (Å²) in [6.45, 7) is 1.46. The van der Waals surface area contributed by atoms with Crippen molar-refractivity contribution in [1.82, 2.24) is 4.90 Å². The summed E-state index contributed by atoms with van der Waals surface area (Å²) in [5, 5.41) is 11.2. The number of anilines is 1. The lowest BCUT2D eigenvalue weighted by Crippen LogP contribution is -2.40. The third kappa shape index (κ3) is 4.71. The molecule has 1 aromatic carbocycles. The van der Waals surface area contributed by atoms with Crippen molar-refractivity contribution in [2.24, 2.45) is 5.92 Å². The minimum atomic E-state index is -4.67. The lowest BCUT2D eigenvalue weighted by atomic mass is 9.96. The van der Waals surface area contributed by atoms with Crippen LogP contribution in [0, 0.1) is 5.92 Å². The standard InChI is InChI=1S/C16H17F3N2O4/c1-9(22)20-13-7-11(6-12(8-13)16(17,18)19)14(23)21-4-2-10(3-5-21)15(24)25/h6-8,10H,2-5H2,1H3,(H,20,22)(H,24,25). The third-order valence-corrected chi connectivity index (χ3v) is 3.96. The number of carbonyl (C=O) groups is 3. The number of alkyl halides is 3. The van der Waals surface area contributed by atoms with Gasteiger partial charge in [-0.1, -0.05) is 0 Å². The van der Waals surface area contributed by atoms with Gasteiger partial charge >= 0.3 is 12.1 Å². The summed E-state index contributed by atoms with van der Waals surface area (Å²) < 4.78 is 39.1. The van der Waals surface area contributed by atoms with Crippen LogP contribution in [-0.4, -0.2) is 40.9 Å². The van der Waals surface area contributed by atoms with Gasteiger partial charge in [-0.25, -0.2) is 0 Å². The van der Waals surface area contributed by atoms with Crippen LogP contribution < -0.4 is 5.32 Å². The first-order valence-corrected chi connectivity index (χ1v) is 7.60. The number of likely N-dealkylation sites (tertiary alicyclic amines) is 1. The molecule has 2 N–H and O–H groups in total. The molecule has 0 unspecified atom stereocenters. The molecular weight excluding hydrogens is 341 g/mol. The number of piperidine rings is 1. The maximum atomic E-state index is 13.0. The molecule has 1 aliphatic heterocycles. The number of nitrogens with one attached hydrogen (secondary N) is 1. The lowest BCUT2D eigenvalue weighted by Gasteiger charge is -2.30. The maximum absolute atomic E-state index is 13.0. The van der Waals surface area contributed by atoms with E-state index in [4.69, 9.17) is 5.11 Å². The molecule has 1 aliphatic rings. The number of hydrogen-bond acceptors (Lipinski definition) is 3. The van der Waals surface area contributed by atoms with Gasteiger partial charge in [0, 0.05) is 31.3 Å². The summed E-state index contributed by atoms with van der Waals surface area (Å²) in [6, 6.07) is 2.67. The van der Waals surface area contributed by atoms with E-state index in [1.165, 1.54) is 11.0 Å². The highest BCUT2D eigenvalue weighted by molar-refractivity contribution is 5.97. The van der Waals surface area contributed by atoms with Gasteiger partial charge in [-0.05, 0) is 31.0 Å². The fraction of sp³-hybridized carbons (Fsp3) is 0.438. The van der Waals surface area contributed by atoms with Gasteiger partial charge in [0.1, 0.15) is 0 Å². The minimum Gasteiger partial charge on any atom is -0.481 e. The smallest absolute Gasteiger partial charge is 0.416 e. The number of hydrogen-bond donors (Lipinski definition) is 2. The van der Waals surface area contributed by atoms with Crippen molar-refractivity contribution in [1.29, 1.82) is 0 Å². The molecule has 0 radical (unpaired) electrons. The monoisotopic (exact) mass is 358 g/mol. The second-order valence-corrected chi connectivity index (χ2v) is 5.88. The molecule has 0 saturated carbocycles. The van der Waals surface area contributed by atoms with Crippen molar-refractivity contribution in [3.05, 3.63) is 29.3 Å². The molecule has 6 nitrogen and oxygen atoms in total. The molecule has 25 heavy (non-hydrogen) atoms. The van der Waals surface area contributed by atoms with Crippen molar-refractivity contribution in [2.45, 2.75) is 25.9 Å². The third-order valence-electron chi connectivity index (χ3n) is 3.96. The van der Waals surface area contributed by atoms with Crippen molar-refractivity contribution >= 4 is 23.5 Å². The number of aliphatic carboxylic acids is 1. The molecule has 0 aliphatic carbocycles. The van der Waals surface area contributed by atoms with Crippen LogP contribution in [0.2, 0.25) is 0 Å². The summed E-state index contributed by atoms with van der Waals surface area (Å²) in [6.07, 6.45) is -4.17. The van der Waals surface area contributed by atoms with E-state index in [0.29, 0.717) is 0 Å². The zero-order valence-corrected chi connectivity index (χ0v) is 13.4. The molecule has 0 bridgehead atoms. The van der Waals surface area contributed by atoms with Crippen molar-refractivity contribution in [3.8, 4) is 0 Å². The van der Waals surface area contributed by atoms with Gasteiger partial charge in [-0.2, -0.15) is 13.2 Å². The first kappa shape index (κ1) is 18.8. The molecule has 2 amide bonds. The average Bonchev–Trinajstić information content (AvgIpc) is 2.52. The predicted octanol–water partition coefficient (Wildman–Crippen LogP) is 2.60. The van der Waals surface area contributed by atoms with Gasteiger partial charge in [-0.3, -0.25) is 14.4 Å². The van der Waals surface area contributed by atoms with Gasteiger partial charge in [-0.15, -0.1) is 0 Å². The number of carboxylic acid groups (broad SMARTS) is 1. The molecule has 1 fully saturated rings. The molecule has 0 aromatic heterocycles. The highest BCUT2D eigenvalue weighted by atomic mass is 19.4. The molecule has 1 aromatic rings. The maximum Gasteiger partial charge on any atom is 0.416 e. The van der Waals surface area contributed by atoms with Gasteiger partial charge in [0.15, 0.2) is 0 Å². The van der Waals surface area contributed by atoms with E-state index in [1.54, 1.807) is 0 Å². The highest BCUT2D eigenvalue weighted by Gasteiger charge is 2.33. The van der Waals surface area contributed by atoms with Crippen LogP contribution in [0.15, 0.2) is 18.2 Å². The number of carboxylic acids is 1. The van der Waals surface area contributed by atoms with Crippen LogP contribution in [-0.2, 0) is 15.8 Å². The normalized spacial score (nSPS) is 15.8. The fourth-order valence-electron chi connectivity index (χ4n) is 2.70. The van der Waals surface area contributed by atoms with Gasteiger partial charge in [0.2, 0.25) is 5.91 Å². The topological polar surface area (TPSA) is 86.7 Å². The van der Waals surface area contributed by atoms with Crippen molar-refractivity contribution in [2.75, 3.05) is 18.4 Å². The summed E-state index contributed by atoms with van der Waals surface area (Å²) in [7, 11) is 0. The van der Waals surface area contributed by atoms with E-state index < -0.39 is 35.4 Å². The van der Waals surface area contributed by atoms with E-state index in [9.17, 15) is 27.6 Å². The Morgan fingerprint density at radius 2 is 1.76 bits per heavy atom. The summed E-state index contributed by atoms with van der Waals surface area (Å²) in [5.74, 6) is -2.68. The number of rotatable bonds is 3. The number of amides is 2. The van der Waals surface area contributed by atoms with Crippen LogP contribution in [0.25, 0.3) is 0 Å². The second-order valence-electron chi connectivity index (χ2n) is 5.88. The number of benzene rings is 1. The predicted molar refractivity (Wildman–Crippen MR) is 82.0 cm³/mol. The Bertz CT molecular complexity index is 695. The van der Waals surface area contributed by atoms with Crippen LogP contribution >= 0.6 is 0 Å². The first-order valence-electron chi connectivity index (χ1n) is 7.60. The van der Waals surface area contributed by atoms with E-state index >= 15 is 0 Å². The Morgan fingerprint density at radius 1 is 1.16 bits per heavy atom. The summed E-state index contributed by atoms with van der Waals surface area (Å²) in [5.41, 5.74) is -1.36. The zero-order valence-electron chi connectivity index (χ0n) is 13.4. The number of nitrogens with zero attached hydrogens (tertiary/aromatic N) is 1. The van der Waals surface area contributed by atoms with Crippen LogP contribution in [0.5, 0.6) is 0 Å². The number of halogens is 3. The van der Waals surface area contributed by atoms with E-state index in [1.807, 2.05) is 0 Å². The molecular formula is C16H17F3N2O4. The molecule has 2 rings (SSSR count). The molecule has 1 heterocycles. The minimum absolute atomic E-state index is 0.119. The zero-order chi connectivity index (χ0) is 18.8. The Balaban J connectivity index is 2.26. The van der Waals surface area contributed by atoms with Crippen molar-refractivity contribution < 1.29 is 32.7 Å². The first-order chi connectivity index (χ1) is 11.6. The highest BCUT2D eigenvalue weighted by Crippen LogP contribution is 2.32. The molecule has 0 atom stereocenters. The van der Waals surface area contributed by atoms with Crippen LogP contribution in [0.1, 0.15) is 35.7 Å². The van der Waals surface area contributed by atoms with E-state index in [2.05, 4.69) is 5.32 Å². The molecule has 9 heteroatoms.